The first-order valence-electron chi connectivity index (χ1n) is 6.61. The van der Waals surface area contributed by atoms with Gasteiger partial charge in [0.1, 0.15) is 11.5 Å². The lowest BCUT2D eigenvalue weighted by atomic mass is 9.96. The molecule has 2 aromatic carbocycles. The highest BCUT2D eigenvalue weighted by atomic mass is 16.5. The van der Waals surface area contributed by atoms with E-state index in [1.54, 1.807) is 14.2 Å². The number of hydrogen-bond donors (Lipinski definition) is 0. The van der Waals surface area contributed by atoms with Crippen LogP contribution in [0.3, 0.4) is 0 Å². The van der Waals surface area contributed by atoms with E-state index in [9.17, 15) is 4.79 Å². The van der Waals surface area contributed by atoms with Gasteiger partial charge in [-0.25, -0.2) is 0 Å². The Hall–Kier alpha value is -2.29. The van der Waals surface area contributed by atoms with E-state index in [1.165, 1.54) is 0 Å². The number of carbonyl (C=O) groups excluding carboxylic acids is 1. The van der Waals surface area contributed by atoms with Gasteiger partial charge in [0.05, 0.1) is 14.2 Å². The third-order valence-electron chi connectivity index (χ3n) is 3.75. The zero-order chi connectivity index (χ0) is 14.1. The van der Waals surface area contributed by atoms with Gasteiger partial charge in [-0.05, 0) is 53.4 Å². The fourth-order valence-corrected chi connectivity index (χ4v) is 2.67. The summed E-state index contributed by atoms with van der Waals surface area (Å²) < 4.78 is 10.5. The van der Waals surface area contributed by atoms with Crippen molar-refractivity contribution in [2.24, 2.45) is 0 Å². The lowest BCUT2D eigenvalue weighted by molar-refractivity contribution is 0.0984. The van der Waals surface area contributed by atoms with Crippen molar-refractivity contribution in [3.05, 3.63) is 47.5 Å². The van der Waals surface area contributed by atoms with E-state index in [2.05, 4.69) is 0 Å². The van der Waals surface area contributed by atoms with Crippen LogP contribution in [0.4, 0.5) is 0 Å². The van der Waals surface area contributed by atoms with Gasteiger partial charge in [-0.1, -0.05) is 6.07 Å². The van der Waals surface area contributed by atoms with Gasteiger partial charge in [-0.15, -0.1) is 0 Å². The molecule has 0 saturated heterocycles. The second-order valence-electron chi connectivity index (χ2n) is 4.86. The highest BCUT2D eigenvalue weighted by Gasteiger charge is 2.21. The van der Waals surface area contributed by atoms with Gasteiger partial charge in [-0.2, -0.15) is 0 Å². The van der Waals surface area contributed by atoms with Crippen molar-refractivity contribution in [2.45, 2.75) is 12.8 Å². The predicted octanol–water partition coefficient (Wildman–Crippen LogP) is 3.50. The first-order valence-corrected chi connectivity index (χ1v) is 6.61. The van der Waals surface area contributed by atoms with Gasteiger partial charge < -0.3 is 9.47 Å². The average Bonchev–Trinajstić information content (AvgIpc) is 2.64. The number of ether oxygens (including phenoxy) is 2. The Bertz CT molecular complexity index is 674. The standard InChI is InChI=1S/C17H16O3/c1-19-12-4-6-14-11(9-12)3-8-17(18)16-10-13(20-2)5-7-15(14)16/h4-7,9-10H,3,8H2,1-2H3. The normalized spacial score (nSPS) is 13.2. The second kappa shape index (κ2) is 5.00. The quantitative estimate of drug-likeness (QED) is 0.836. The molecule has 0 N–H and O–H groups in total. The minimum absolute atomic E-state index is 0.161. The molecule has 102 valence electrons. The maximum Gasteiger partial charge on any atom is 0.163 e. The van der Waals surface area contributed by atoms with Crippen LogP contribution in [0.1, 0.15) is 22.3 Å². The maximum atomic E-state index is 12.3. The molecule has 0 bridgehead atoms. The van der Waals surface area contributed by atoms with Gasteiger partial charge in [0, 0.05) is 12.0 Å². The van der Waals surface area contributed by atoms with Crippen LogP contribution in [-0.2, 0) is 6.42 Å². The van der Waals surface area contributed by atoms with Gasteiger partial charge in [0.2, 0.25) is 0 Å². The average molecular weight is 268 g/mol. The third kappa shape index (κ3) is 2.05. The molecule has 0 radical (unpaired) electrons. The summed E-state index contributed by atoms with van der Waals surface area (Å²) in [5.74, 6) is 1.70. The van der Waals surface area contributed by atoms with Crippen molar-refractivity contribution >= 4 is 5.78 Å². The van der Waals surface area contributed by atoms with Crippen LogP contribution in [0.5, 0.6) is 11.5 Å². The third-order valence-corrected chi connectivity index (χ3v) is 3.75. The van der Waals surface area contributed by atoms with Crippen molar-refractivity contribution in [1.82, 2.24) is 0 Å². The minimum atomic E-state index is 0.161. The van der Waals surface area contributed by atoms with Crippen molar-refractivity contribution < 1.29 is 14.3 Å². The lowest BCUT2D eigenvalue weighted by Gasteiger charge is -2.11. The van der Waals surface area contributed by atoms with Crippen LogP contribution in [0.15, 0.2) is 36.4 Å². The van der Waals surface area contributed by atoms with Gasteiger partial charge >= 0.3 is 0 Å². The Balaban J connectivity index is 2.20. The lowest BCUT2D eigenvalue weighted by Crippen LogP contribution is -2.00. The largest absolute Gasteiger partial charge is 0.497 e. The van der Waals surface area contributed by atoms with E-state index in [0.717, 1.165) is 34.4 Å². The smallest absolute Gasteiger partial charge is 0.163 e. The molecule has 0 aromatic heterocycles. The molecule has 2 aromatic rings. The van der Waals surface area contributed by atoms with E-state index in [4.69, 9.17) is 9.47 Å². The number of methoxy groups -OCH3 is 2. The molecule has 3 rings (SSSR count). The molecule has 3 heteroatoms. The number of aryl methyl sites for hydroxylation is 1. The Morgan fingerprint density at radius 2 is 1.45 bits per heavy atom. The van der Waals surface area contributed by atoms with Gasteiger partial charge in [0.25, 0.3) is 0 Å². The number of hydrogen-bond acceptors (Lipinski definition) is 3. The summed E-state index contributed by atoms with van der Waals surface area (Å²) in [6.45, 7) is 0. The summed E-state index contributed by atoms with van der Waals surface area (Å²) in [6, 6.07) is 11.7. The Kier molecular flexibility index (Phi) is 3.18. The number of benzene rings is 2. The first kappa shape index (κ1) is 12.7. The SMILES string of the molecule is COc1ccc2c(c1)CCC(=O)c1cc(OC)ccc1-2. The Morgan fingerprint density at radius 1 is 0.800 bits per heavy atom. The summed E-state index contributed by atoms with van der Waals surface area (Å²) in [7, 11) is 3.27. The van der Waals surface area contributed by atoms with Gasteiger partial charge in [-0.3, -0.25) is 4.79 Å². The number of carbonyl (C=O) groups is 1. The molecule has 3 nitrogen and oxygen atoms in total. The summed E-state index contributed by atoms with van der Waals surface area (Å²) in [6.07, 6.45) is 1.25. The van der Waals surface area contributed by atoms with Crippen molar-refractivity contribution in [3.8, 4) is 22.6 Å². The van der Waals surface area contributed by atoms with Crippen LogP contribution >= 0.6 is 0 Å². The molecule has 0 spiro atoms. The Labute approximate surface area is 118 Å². The molecular weight excluding hydrogens is 252 g/mol. The topological polar surface area (TPSA) is 35.5 Å². The van der Waals surface area contributed by atoms with E-state index in [1.807, 2.05) is 36.4 Å². The Morgan fingerprint density at radius 3 is 2.15 bits per heavy atom. The summed E-state index contributed by atoms with van der Waals surface area (Å²) in [5, 5.41) is 0. The molecule has 0 heterocycles. The second-order valence-corrected chi connectivity index (χ2v) is 4.86. The van der Waals surface area contributed by atoms with Crippen LogP contribution < -0.4 is 9.47 Å². The molecule has 0 atom stereocenters. The number of Topliss-reactive ketones (excluding diaryl/α,β-unsaturated/α-hetero) is 1. The van der Waals surface area contributed by atoms with Crippen LogP contribution in [0.25, 0.3) is 11.1 Å². The molecule has 1 aliphatic rings. The summed E-state index contributed by atoms with van der Waals surface area (Å²) >= 11 is 0. The predicted molar refractivity (Wildman–Crippen MR) is 77.6 cm³/mol. The van der Waals surface area contributed by atoms with Gasteiger partial charge in [0.15, 0.2) is 5.78 Å². The summed E-state index contributed by atoms with van der Waals surface area (Å²) in [4.78, 5) is 12.3. The molecular formula is C17H16O3. The molecule has 0 amide bonds. The van der Waals surface area contributed by atoms with Crippen molar-refractivity contribution in [1.29, 1.82) is 0 Å². The number of rotatable bonds is 2. The molecule has 1 aliphatic carbocycles. The molecule has 0 unspecified atom stereocenters. The van der Waals surface area contributed by atoms with Crippen molar-refractivity contribution in [3.63, 3.8) is 0 Å². The fourth-order valence-electron chi connectivity index (χ4n) is 2.67. The van der Waals surface area contributed by atoms with Crippen LogP contribution in [0.2, 0.25) is 0 Å². The maximum absolute atomic E-state index is 12.3. The van der Waals surface area contributed by atoms with E-state index < -0.39 is 0 Å². The monoisotopic (exact) mass is 268 g/mol. The van der Waals surface area contributed by atoms with E-state index >= 15 is 0 Å². The zero-order valence-electron chi connectivity index (χ0n) is 11.6. The van der Waals surface area contributed by atoms with Crippen LogP contribution in [0, 0.1) is 0 Å². The first-order chi connectivity index (χ1) is 9.72. The van der Waals surface area contributed by atoms with Crippen LogP contribution in [-0.4, -0.2) is 20.0 Å². The molecule has 0 fully saturated rings. The number of fused-ring (bicyclic) bond motifs is 3. The highest BCUT2D eigenvalue weighted by molar-refractivity contribution is 6.04. The van der Waals surface area contributed by atoms with E-state index in [-0.39, 0.29) is 5.78 Å². The minimum Gasteiger partial charge on any atom is -0.497 e. The fraction of sp³-hybridized carbons (Fsp3) is 0.235. The molecule has 20 heavy (non-hydrogen) atoms. The van der Waals surface area contributed by atoms with E-state index in [0.29, 0.717) is 12.2 Å². The van der Waals surface area contributed by atoms with Crippen molar-refractivity contribution in [2.75, 3.05) is 14.2 Å². The highest BCUT2D eigenvalue weighted by Crippen LogP contribution is 2.36. The molecule has 0 aliphatic heterocycles. The summed E-state index contributed by atoms with van der Waals surface area (Å²) in [5.41, 5.74) is 3.98. The zero-order valence-corrected chi connectivity index (χ0v) is 11.6. The number of ketones is 1. The molecule has 0 saturated carbocycles.